The van der Waals surface area contributed by atoms with Gasteiger partial charge in [-0.05, 0) is 64.6 Å². The zero-order valence-corrected chi connectivity index (χ0v) is 17.0. The van der Waals surface area contributed by atoms with Crippen molar-refractivity contribution in [2.75, 3.05) is 13.2 Å². The largest absolute Gasteiger partial charge is 0.494 e. The Morgan fingerprint density at radius 1 is 1.08 bits per heavy atom. The van der Waals surface area contributed by atoms with Gasteiger partial charge >= 0.3 is 7.12 Å². The molecular weight excluding hydrogens is 353 g/mol. The maximum Gasteiger partial charge on any atom is 0.494 e. The van der Waals surface area contributed by atoms with Crippen molar-refractivity contribution in [2.45, 2.75) is 69.6 Å². The van der Waals surface area contributed by atoms with Crippen molar-refractivity contribution in [1.29, 1.82) is 0 Å². The molecule has 6 nitrogen and oxygen atoms in total. The first-order chi connectivity index (χ1) is 12.0. The van der Waals surface area contributed by atoms with Crippen LogP contribution in [-0.2, 0) is 24.1 Å². The highest BCUT2D eigenvalue weighted by Crippen LogP contribution is 2.36. The third kappa shape index (κ3) is 3.85. The summed E-state index contributed by atoms with van der Waals surface area (Å²) in [5, 5.41) is 0. The van der Waals surface area contributed by atoms with E-state index in [4.69, 9.17) is 14.0 Å². The zero-order valence-electron chi connectivity index (χ0n) is 16.2. The van der Waals surface area contributed by atoms with E-state index in [1.54, 1.807) is 19.1 Å². The second-order valence-electron chi connectivity index (χ2n) is 8.12. The van der Waals surface area contributed by atoms with E-state index < -0.39 is 28.3 Å². The quantitative estimate of drug-likeness (QED) is 0.805. The number of sulfonamides is 1. The summed E-state index contributed by atoms with van der Waals surface area (Å²) >= 11 is 0. The molecule has 0 radical (unpaired) electrons. The van der Waals surface area contributed by atoms with E-state index in [-0.39, 0.29) is 6.04 Å². The first-order valence-corrected chi connectivity index (χ1v) is 10.6. The van der Waals surface area contributed by atoms with E-state index in [9.17, 15) is 8.42 Å². The highest BCUT2D eigenvalue weighted by atomic mass is 32.2. The van der Waals surface area contributed by atoms with Crippen molar-refractivity contribution in [1.82, 2.24) is 4.72 Å². The van der Waals surface area contributed by atoms with Crippen LogP contribution in [0.25, 0.3) is 0 Å². The SMILES string of the molecule is Cc1cc(B2OC(C)(C)C(C)(C)O2)ccc1S(=O)(=O)NC1CCOCC1. The van der Waals surface area contributed by atoms with Crippen LogP contribution in [0.3, 0.4) is 0 Å². The lowest BCUT2D eigenvalue weighted by Crippen LogP contribution is -2.41. The second kappa shape index (κ2) is 6.91. The van der Waals surface area contributed by atoms with Gasteiger partial charge in [0.1, 0.15) is 0 Å². The van der Waals surface area contributed by atoms with Gasteiger partial charge in [0, 0.05) is 19.3 Å². The smallest absolute Gasteiger partial charge is 0.399 e. The van der Waals surface area contributed by atoms with Crippen LogP contribution >= 0.6 is 0 Å². The molecule has 0 aromatic heterocycles. The lowest BCUT2D eigenvalue weighted by Gasteiger charge is -2.32. The topological polar surface area (TPSA) is 73.9 Å². The Kier molecular flexibility index (Phi) is 5.27. The van der Waals surface area contributed by atoms with E-state index in [1.165, 1.54) is 0 Å². The Morgan fingerprint density at radius 3 is 2.19 bits per heavy atom. The summed E-state index contributed by atoms with van der Waals surface area (Å²) in [5.41, 5.74) is 0.643. The average molecular weight is 381 g/mol. The maximum atomic E-state index is 12.7. The van der Waals surface area contributed by atoms with Gasteiger partial charge in [-0.3, -0.25) is 0 Å². The summed E-state index contributed by atoms with van der Waals surface area (Å²) < 4.78 is 45.7. The molecule has 0 saturated carbocycles. The van der Waals surface area contributed by atoms with E-state index in [0.717, 1.165) is 5.46 Å². The van der Waals surface area contributed by atoms with E-state index >= 15 is 0 Å². The van der Waals surface area contributed by atoms with Crippen molar-refractivity contribution in [3.05, 3.63) is 23.8 Å². The van der Waals surface area contributed by atoms with Gasteiger partial charge in [0.2, 0.25) is 10.0 Å². The minimum atomic E-state index is -3.56. The number of aryl methyl sites for hydroxylation is 1. The summed E-state index contributed by atoms with van der Waals surface area (Å²) in [5.74, 6) is 0. The summed E-state index contributed by atoms with van der Waals surface area (Å²) in [7, 11) is -4.06. The lowest BCUT2D eigenvalue weighted by atomic mass is 9.78. The Balaban J connectivity index is 1.79. The number of hydrogen-bond donors (Lipinski definition) is 1. The van der Waals surface area contributed by atoms with Crippen LogP contribution in [-0.4, -0.2) is 46.0 Å². The molecule has 0 spiro atoms. The average Bonchev–Trinajstić information content (AvgIpc) is 2.75. The zero-order chi connectivity index (χ0) is 19.2. The van der Waals surface area contributed by atoms with E-state index in [0.29, 0.717) is 36.5 Å². The van der Waals surface area contributed by atoms with Crippen molar-refractivity contribution >= 4 is 22.6 Å². The predicted molar refractivity (Wildman–Crippen MR) is 101 cm³/mol. The molecule has 2 aliphatic rings. The van der Waals surface area contributed by atoms with Gasteiger partial charge in [0.25, 0.3) is 0 Å². The van der Waals surface area contributed by atoms with Gasteiger partial charge in [0.05, 0.1) is 16.1 Å². The fourth-order valence-corrected chi connectivity index (χ4v) is 4.73. The van der Waals surface area contributed by atoms with Gasteiger partial charge in [0.15, 0.2) is 0 Å². The molecule has 2 saturated heterocycles. The lowest BCUT2D eigenvalue weighted by molar-refractivity contribution is 0.00578. The minimum Gasteiger partial charge on any atom is -0.399 e. The Labute approximate surface area is 156 Å². The standard InChI is InChI=1S/C18H28BNO5S/c1-13-12-14(19-24-17(2,3)18(4,5)25-19)6-7-16(13)26(21,22)20-15-8-10-23-11-9-15/h6-7,12,15,20H,8-11H2,1-5H3. The highest BCUT2D eigenvalue weighted by molar-refractivity contribution is 7.89. The van der Waals surface area contributed by atoms with Crippen molar-refractivity contribution in [2.24, 2.45) is 0 Å². The molecule has 3 rings (SSSR count). The Morgan fingerprint density at radius 2 is 1.65 bits per heavy atom. The summed E-state index contributed by atoms with van der Waals surface area (Å²) in [6.07, 6.45) is 1.40. The molecule has 8 heteroatoms. The van der Waals surface area contributed by atoms with Crippen molar-refractivity contribution in [3.63, 3.8) is 0 Å². The van der Waals surface area contributed by atoms with Crippen LogP contribution in [0.1, 0.15) is 46.1 Å². The molecular formula is C18H28BNO5S. The van der Waals surface area contributed by atoms with Crippen LogP contribution in [0.15, 0.2) is 23.1 Å². The van der Waals surface area contributed by atoms with Crippen LogP contribution in [0, 0.1) is 6.92 Å². The number of benzene rings is 1. The first-order valence-electron chi connectivity index (χ1n) is 9.08. The van der Waals surface area contributed by atoms with Gasteiger partial charge in [-0.2, -0.15) is 0 Å². The van der Waals surface area contributed by atoms with Crippen LogP contribution in [0.5, 0.6) is 0 Å². The van der Waals surface area contributed by atoms with Gasteiger partial charge in [-0.15, -0.1) is 0 Å². The molecule has 1 aromatic rings. The molecule has 144 valence electrons. The molecule has 2 fully saturated rings. The Bertz CT molecular complexity index is 756. The van der Waals surface area contributed by atoms with E-state index in [2.05, 4.69) is 4.72 Å². The summed E-state index contributed by atoms with van der Waals surface area (Å²) in [6, 6.07) is 5.17. The van der Waals surface area contributed by atoms with Crippen LogP contribution < -0.4 is 10.2 Å². The monoisotopic (exact) mass is 381 g/mol. The molecule has 2 aliphatic heterocycles. The van der Waals surface area contributed by atoms with Crippen LogP contribution in [0.2, 0.25) is 0 Å². The Hall–Kier alpha value is -0.925. The fourth-order valence-electron chi connectivity index (χ4n) is 3.20. The molecule has 2 heterocycles. The normalized spacial score (nSPS) is 23.3. The van der Waals surface area contributed by atoms with Crippen molar-refractivity contribution < 1.29 is 22.5 Å². The van der Waals surface area contributed by atoms with Gasteiger partial charge in [-0.25, -0.2) is 13.1 Å². The predicted octanol–water partition coefficient (Wildman–Crippen LogP) is 1.75. The molecule has 0 unspecified atom stereocenters. The number of rotatable bonds is 4. The number of ether oxygens (including phenoxy) is 1. The minimum absolute atomic E-state index is 0.0732. The molecule has 1 aromatic carbocycles. The summed E-state index contributed by atoms with van der Waals surface area (Å²) in [4.78, 5) is 0.296. The maximum absolute atomic E-state index is 12.7. The first kappa shape index (κ1) is 19.8. The molecule has 0 bridgehead atoms. The van der Waals surface area contributed by atoms with E-state index in [1.807, 2.05) is 33.8 Å². The molecule has 1 N–H and O–H groups in total. The third-order valence-electron chi connectivity index (χ3n) is 5.56. The second-order valence-corrected chi connectivity index (χ2v) is 9.80. The third-order valence-corrected chi connectivity index (χ3v) is 7.24. The highest BCUT2D eigenvalue weighted by Gasteiger charge is 2.51. The molecule has 26 heavy (non-hydrogen) atoms. The van der Waals surface area contributed by atoms with Crippen LogP contribution in [0.4, 0.5) is 0 Å². The number of hydrogen-bond acceptors (Lipinski definition) is 5. The fraction of sp³-hybridized carbons (Fsp3) is 0.667. The van der Waals surface area contributed by atoms with Crippen molar-refractivity contribution in [3.8, 4) is 0 Å². The molecule has 0 atom stereocenters. The van der Waals surface area contributed by atoms with Gasteiger partial charge in [-0.1, -0.05) is 12.1 Å². The number of nitrogens with one attached hydrogen (secondary N) is 1. The molecule has 0 aliphatic carbocycles. The summed E-state index contributed by atoms with van der Waals surface area (Å²) in [6.45, 7) is 11.0. The van der Waals surface area contributed by atoms with Gasteiger partial charge < -0.3 is 14.0 Å². The molecule has 0 amide bonds.